The highest BCUT2D eigenvalue weighted by atomic mass is 16.5. The molecule has 0 saturated carbocycles. The fourth-order valence-electron chi connectivity index (χ4n) is 3.39. The molecule has 2 rings (SSSR count). The van der Waals surface area contributed by atoms with Crippen LogP contribution in [-0.4, -0.2) is 67.6 Å². The Morgan fingerprint density at radius 1 is 1.19 bits per heavy atom. The Kier molecular flexibility index (Phi) is 8.25. The SMILES string of the molecule is CC[C@H](C)[C@H](NC(=O)CN1CCN(Cc2cccc(C)c2)CC1)C(=O)OC. The van der Waals surface area contributed by atoms with Crippen LogP contribution in [-0.2, 0) is 20.9 Å². The number of esters is 1. The number of nitrogens with one attached hydrogen (secondary N) is 1. The minimum absolute atomic E-state index is 0.0487. The summed E-state index contributed by atoms with van der Waals surface area (Å²) in [7, 11) is 1.36. The minimum Gasteiger partial charge on any atom is -0.467 e. The predicted molar refractivity (Wildman–Crippen MR) is 106 cm³/mol. The van der Waals surface area contributed by atoms with Crippen molar-refractivity contribution in [3.8, 4) is 0 Å². The Balaban J connectivity index is 1.78. The van der Waals surface area contributed by atoms with E-state index in [1.54, 1.807) is 0 Å². The third-order valence-corrected chi connectivity index (χ3v) is 5.31. The number of rotatable bonds is 8. The molecule has 1 aliphatic heterocycles. The summed E-state index contributed by atoms with van der Waals surface area (Å²) in [6, 6.07) is 8.02. The number of carbonyl (C=O) groups is 2. The molecule has 1 N–H and O–H groups in total. The van der Waals surface area contributed by atoms with Crippen LogP contribution >= 0.6 is 0 Å². The van der Waals surface area contributed by atoms with Crippen LogP contribution < -0.4 is 5.32 Å². The number of methoxy groups -OCH3 is 1. The molecule has 1 amide bonds. The quantitative estimate of drug-likeness (QED) is 0.702. The zero-order valence-corrected chi connectivity index (χ0v) is 17.0. The highest BCUT2D eigenvalue weighted by Crippen LogP contribution is 2.11. The molecule has 0 aliphatic carbocycles. The van der Waals surface area contributed by atoms with Gasteiger partial charge in [-0.1, -0.05) is 50.1 Å². The molecule has 1 fully saturated rings. The number of ether oxygens (including phenoxy) is 1. The van der Waals surface area contributed by atoms with Gasteiger partial charge in [0.15, 0.2) is 0 Å². The van der Waals surface area contributed by atoms with E-state index in [1.807, 2.05) is 13.8 Å². The van der Waals surface area contributed by atoms with Crippen molar-refractivity contribution in [1.82, 2.24) is 15.1 Å². The summed E-state index contributed by atoms with van der Waals surface area (Å²) in [5.41, 5.74) is 2.61. The third kappa shape index (κ3) is 6.63. The Hall–Kier alpha value is -1.92. The maximum atomic E-state index is 12.4. The Morgan fingerprint density at radius 3 is 2.44 bits per heavy atom. The van der Waals surface area contributed by atoms with Gasteiger partial charge in [-0.15, -0.1) is 0 Å². The lowest BCUT2D eigenvalue weighted by molar-refractivity contribution is -0.146. The summed E-state index contributed by atoms with van der Waals surface area (Å²) >= 11 is 0. The van der Waals surface area contributed by atoms with Crippen LogP contribution in [0.5, 0.6) is 0 Å². The van der Waals surface area contributed by atoms with Gasteiger partial charge in [-0.25, -0.2) is 4.79 Å². The number of hydrogen-bond donors (Lipinski definition) is 1. The molecule has 1 saturated heterocycles. The second-order valence-corrected chi connectivity index (χ2v) is 7.50. The van der Waals surface area contributed by atoms with Gasteiger partial charge in [-0.05, 0) is 18.4 Å². The van der Waals surface area contributed by atoms with Crippen LogP contribution in [0.4, 0.5) is 0 Å². The Labute approximate surface area is 162 Å². The lowest BCUT2D eigenvalue weighted by Gasteiger charge is -2.34. The van der Waals surface area contributed by atoms with E-state index in [0.29, 0.717) is 6.54 Å². The monoisotopic (exact) mass is 375 g/mol. The molecule has 1 aromatic carbocycles. The van der Waals surface area contributed by atoms with Crippen molar-refractivity contribution >= 4 is 11.9 Å². The molecule has 1 aromatic rings. The van der Waals surface area contributed by atoms with Crippen LogP contribution in [0, 0.1) is 12.8 Å². The van der Waals surface area contributed by atoms with Gasteiger partial charge < -0.3 is 10.1 Å². The molecule has 0 spiro atoms. The molecule has 1 heterocycles. The number of amides is 1. The topological polar surface area (TPSA) is 61.9 Å². The highest BCUT2D eigenvalue weighted by Gasteiger charge is 2.27. The molecule has 0 unspecified atom stereocenters. The van der Waals surface area contributed by atoms with Crippen molar-refractivity contribution in [2.75, 3.05) is 39.8 Å². The van der Waals surface area contributed by atoms with Gasteiger partial charge in [0, 0.05) is 32.7 Å². The van der Waals surface area contributed by atoms with Gasteiger partial charge in [-0.2, -0.15) is 0 Å². The summed E-state index contributed by atoms with van der Waals surface area (Å²) in [5, 5.41) is 2.85. The number of benzene rings is 1. The number of carbonyl (C=O) groups excluding carboxylic acids is 2. The molecule has 27 heavy (non-hydrogen) atoms. The van der Waals surface area contributed by atoms with Crippen LogP contribution in [0.25, 0.3) is 0 Å². The van der Waals surface area contributed by atoms with Crippen molar-refractivity contribution in [2.45, 2.75) is 39.8 Å². The Bertz CT molecular complexity index is 627. The molecule has 0 radical (unpaired) electrons. The van der Waals surface area contributed by atoms with Crippen molar-refractivity contribution in [3.63, 3.8) is 0 Å². The normalized spacial score (nSPS) is 17.9. The first-order valence-electron chi connectivity index (χ1n) is 9.80. The van der Waals surface area contributed by atoms with Gasteiger partial charge in [0.1, 0.15) is 6.04 Å². The molecule has 150 valence electrons. The predicted octanol–water partition coefficient (Wildman–Crippen LogP) is 1.82. The summed E-state index contributed by atoms with van der Waals surface area (Å²) < 4.78 is 4.83. The number of aryl methyl sites for hydroxylation is 1. The third-order valence-electron chi connectivity index (χ3n) is 5.31. The first kappa shape index (κ1) is 21.4. The van der Waals surface area contributed by atoms with Crippen LogP contribution in [0.15, 0.2) is 24.3 Å². The van der Waals surface area contributed by atoms with E-state index < -0.39 is 6.04 Å². The molecular weight excluding hydrogens is 342 g/mol. The van der Waals surface area contributed by atoms with Crippen molar-refractivity contribution in [3.05, 3.63) is 35.4 Å². The molecule has 6 heteroatoms. The second kappa shape index (κ2) is 10.4. The fraction of sp³-hybridized carbons (Fsp3) is 0.619. The van der Waals surface area contributed by atoms with Crippen molar-refractivity contribution in [1.29, 1.82) is 0 Å². The standard InChI is InChI=1S/C21H33N3O3/c1-5-17(3)20(21(26)27-4)22-19(25)15-24-11-9-23(10-12-24)14-18-8-6-7-16(2)13-18/h6-8,13,17,20H,5,9-12,14-15H2,1-4H3,(H,22,25)/t17-,20-/m0/s1. The lowest BCUT2D eigenvalue weighted by atomic mass is 9.99. The van der Waals surface area contributed by atoms with Crippen molar-refractivity contribution in [2.24, 2.45) is 5.92 Å². The smallest absolute Gasteiger partial charge is 0.328 e. The van der Waals surface area contributed by atoms with Gasteiger partial charge in [0.05, 0.1) is 13.7 Å². The molecular formula is C21H33N3O3. The zero-order chi connectivity index (χ0) is 19.8. The largest absolute Gasteiger partial charge is 0.467 e. The number of hydrogen-bond acceptors (Lipinski definition) is 5. The van der Waals surface area contributed by atoms with Crippen LogP contribution in [0.1, 0.15) is 31.4 Å². The zero-order valence-electron chi connectivity index (χ0n) is 17.0. The summed E-state index contributed by atoms with van der Waals surface area (Å²) in [6.07, 6.45) is 0.803. The molecule has 6 nitrogen and oxygen atoms in total. The van der Waals surface area contributed by atoms with Crippen molar-refractivity contribution < 1.29 is 14.3 Å². The summed E-state index contributed by atoms with van der Waals surface area (Å²) in [6.45, 7) is 10.9. The number of nitrogens with zero attached hydrogens (tertiary/aromatic N) is 2. The maximum absolute atomic E-state index is 12.4. The fourth-order valence-corrected chi connectivity index (χ4v) is 3.39. The number of piperazine rings is 1. The van der Waals surface area contributed by atoms with E-state index in [4.69, 9.17) is 4.74 Å². The van der Waals surface area contributed by atoms with Gasteiger partial charge in [0.25, 0.3) is 0 Å². The summed E-state index contributed by atoms with van der Waals surface area (Å²) in [4.78, 5) is 28.9. The second-order valence-electron chi connectivity index (χ2n) is 7.50. The van der Waals surface area contributed by atoms with E-state index in [0.717, 1.165) is 39.1 Å². The molecule has 2 atom stereocenters. The van der Waals surface area contributed by atoms with E-state index in [-0.39, 0.29) is 17.8 Å². The van der Waals surface area contributed by atoms with Crippen LogP contribution in [0.3, 0.4) is 0 Å². The minimum atomic E-state index is -0.574. The van der Waals surface area contributed by atoms with Gasteiger partial charge in [0.2, 0.25) is 5.91 Å². The van der Waals surface area contributed by atoms with Gasteiger partial charge >= 0.3 is 5.97 Å². The van der Waals surface area contributed by atoms with Crippen LogP contribution in [0.2, 0.25) is 0 Å². The average molecular weight is 376 g/mol. The first-order chi connectivity index (χ1) is 12.9. The Morgan fingerprint density at radius 2 is 1.85 bits per heavy atom. The van der Waals surface area contributed by atoms with E-state index in [9.17, 15) is 9.59 Å². The summed E-state index contributed by atoms with van der Waals surface area (Å²) in [5.74, 6) is -0.439. The van der Waals surface area contributed by atoms with E-state index in [2.05, 4.69) is 46.3 Å². The maximum Gasteiger partial charge on any atom is 0.328 e. The van der Waals surface area contributed by atoms with Gasteiger partial charge in [-0.3, -0.25) is 14.6 Å². The molecule has 0 aromatic heterocycles. The average Bonchev–Trinajstić information content (AvgIpc) is 2.66. The van der Waals surface area contributed by atoms with E-state index >= 15 is 0 Å². The first-order valence-corrected chi connectivity index (χ1v) is 9.80. The van der Waals surface area contributed by atoms with E-state index in [1.165, 1.54) is 18.2 Å². The highest BCUT2D eigenvalue weighted by molar-refractivity contribution is 5.85. The molecule has 1 aliphatic rings. The molecule has 0 bridgehead atoms. The lowest BCUT2D eigenvalue weighted by Crippen LogP contribution is -2.52.